The highest BCUT2D eigenvalue weighted by Crippen LogP contribution is 2.25. The summed E-state index contributed by atoms with van der Waals surface area (Å²) < 4.78 is 32.3. The Morgan fingerprint density at radius 1 is 1.10 bits per heavy atom. The summed E-state index contributed by atoms with van der Waals surface area (Å²) in [6.07, 6.45) is 1.59. The number of ether oxygens (including phenoxy) is 1. The SMILES string of the molecule is CC[C@H](C)[C@H](NC(=O)C1CCN(S(=O)(=O)c2ccc(OC)cc2)CC1)C(=O)NC(C)C. The van der Waals surface area contributed by atoms with Crippen molar-refractivity contribution < 1.29 is 22.7 Å². The van der Waals surface area contributed by atoms with Crippen molar-refractivity contribution in [2.75, 3.05) is 20.2 Å². The minimum absolute atomic E-state index is 0.00163. The third-order valence-corrected chi connectivity index (χ3v) is 7.66. The minimum atomic E-state index is -3.62. The molecule has 1 fully saturated rings. The first-order valence-electron chi connectivity index (χ1n) is 10.8. The van der Waals surface area contributed by atoms with E-state index in [-0.39, 0.29) is 47.7 Å². The highest BCUT2D eigenvalue weighted by molar-refractivity contribution is 7.89. The van der Waals surface area contributed by atoms with Gasteiger partial charge in [0.2, 0.25) is 21.8 Å². The number of carbonyl (C=O) groups is 2. The number of carbonyl (C=O) groups excluding carboxylic acids is 2. The number of hydrogen-bond donors (Lipinski definition) is 2. The summed E-state index contributed by atoms with van der Waals surface area (Å²) in [5, 5.41) is 5.78. The van der Waals surface area contributed by atoms with Crippen LogP contribution in [0.2, 0.25) is 0 Å². The second-order valence-electron chi connectivity index (χ2n) is 8.39. The second kappa shape index (κ2) is 10.9. The summed E-state index contributed by atoms with van der Waals surface area (Å²) in [5.74, 6) is -0.103. The van der Waals surface area contributed by atoms with Crippen LogP contribution in [0.3, 0.4) is 0 Å². The van der Waals surface area contributed by atoms with E-state index in [0.29, 0.717) is 18.6 Å². The first-order chi connectivity index (χ1) is 14.6. The van der Waals surface area contributed by atoms with Gasteiger partial charge in [0.15, 0.2) is 0 Å². The standard InChI is InChI=1S/C22H35N3O5S/c1-6-16(4)20(22(27)23-15(2)3)24-21(26)17-11-13-25(14-12-17)31(28,29)19-9-7-18(30-5)8-10-19/h7-10,15-17,20H,6,11-14H2,1-5H3,(H,23,27)(H,24,26)/t16-,20-/m0/s1. The fourth-order valence-corrected chi connectivity index (χ4v) is 5.07. The molecular weight excluding hydrogens is 418 g/mol. The molecular formula is C22H35N3O5S. The van der Waals surface area contributed by atoms with E-state index >= 15 is 0 Å². The maximum atomic E-state index is 12.9. The predicted octanol–water partition coefficient (Wildman–Crippen LogP) is 2.15. The zero-order valence-corrected chi connectivity index (χ0v) is 19.9. The number of methoxy groups -OCH3 is 1. The largest absolute Gasteiger partial charge is 0.497 e. The Balaban J connectivity index is 2.00. The molecule has 0 aliphatic carbocycles. The molecule has 2 N–H and O–H groups in total. The molecule has 1 aliphatic rings. The average molecular weight is 454 g/mol. The van der Waals surface area contributed by atoms with Crippen molar-refractivity contribution in [2.45, 2.75) is 63.9 Å². The van der Waals surface area contributed by atoms with Gasteiger partial charge in [-0.3, -0.25) is 9.59 Å². The molecule has 1 aromatic carbocycles. The van der Waals surface area contributed by atoms with E-state index in [1.54, 1.807) is 12.1 Å². The van der Waals surface area contributed by atoms with Gasteiger partial charge in [-0.15, -0.1) is 0 Å². The van der Waals surface area contributed by atoms with Gasteiger partial charge in [-0.1, -0.05) is 20.3 Å². The van der Waals surface area contributed by atoms with Crippen molar-refractivity contribution in [2.24, 2.45) is 11.8 Å². The third kappa shape index (κ3) is 6.43. The van der Waals surface area contributed by atoms with Crippen LogP contribution in [0.5, 0.6) is 5.75 Å². The van der Waals surface area contributed by atoms with Crippen molar-refractivity contribution >= 4 is 21.8 Å². The molecule has 0 bridgehead atoms. The van der Waals surface area contributed by atoms with E-state index in [1.807, 2.05) is 27.7 Å². The van der Waals surface area contributed by atoms with Crippen molar-refractivity contribution in [1.29, 1.82) is 0 Å². The Labute approximate surface area is 185 Å². The van der Waals surface area contributed by atoms with Gasteiger partial charge in [0.25, 0.3) is 0 Å². The molecule has 1 aromatic rings. The molecule has 0 unspecified atom stereocenters. The molecule has 2 atom stereocenters. The second-order valence-corrected chi connectivity index (χ2v) is 10.3. The number of benzene rings is 1. The van der Waals surface area contributed by atoms with Crippen LogP contribution < -0.4 is 15.4 Å². The monoisotopic (exact) mass is 453 g/mol. The molecule has 1 aliphatic heterocycles. The van der Waals surface area contributed by atoms with Crippen LogP contribution in [0.1, 0.15) is 47.0 Å². The topological polar surface area (TPSA) is 105 Å². The molecule has 2 rings (SSSR count). The number of rotatable bonds is 9. The van der Waals surface area contributed by atoms with E-state index in [1.165, 1.54) is 23.5 Å². The lowest BCUT2D eigenvalue weighted by Crippen LogP contribution is -2.54. The van der Waals surface area contributed by atoms with Crippen LogP contribution >= 0.6 is 0 Å². The maximum absolute atomic E-state index is 12.9. The Morgan fingerprint density at radius 3 is 2.16 bits per heavy atom. The van der Waals surface area contributed by atoms with E-state index in [2.05, 4.69) is 10.6 Å². The average Bonchev–Trinajstić information content (AvgIpc) is 2.76. The van der Waals surface area contributed by atoms with Crippen LogP contribution in [-0.2, 0) is 19.6 Å². The molecule has 8 nitrogen and oxygen atoms in total. The molecule has 1 saturated heterocycles. The number of sulfonamides is 1. The van der Waals surface area contributed by atoms with Gasteiger partial charge in [0.05, 0.1) is 12.0 Å². The molecule has 0 aromatic heterocycles. The molecule has 0 spiro atoms. The highest BCUT2D eigenvalue weighted by Gasteiger charge is 2.34. The van der Waals surface area contributed by atoms with E-state index in [4.69, 9.17) is 4.74 Å². The van der Waals surface area contributed by atoms with Crippen LogP contribution in [0, 0.1) is 11.8 Å². The first kappa shape index (κ1) is 25.1. The first-order valence-corrected chi connectivity index (χ1v) is 12.3. The number of hydrogen-bond acceptors (Lipinski definition) is 5. The lowest BCUT2D eigenvalue weighted by molar-refractivity contribution is -0.133. The summed E-state index contributed by atoms with van der Waals surface area (Å²) in [6, 6.07) is 5.67. The van der Waals surface area contributed by atoms with Gasteiger partial charge in [0.1, 0.15) is 11.8 Å². The minimum Gasteiger partial charge on any atom is -0.497 e. The summed E-state index contributed by atoms with van der Waals surface area (Å²) in [7, 11) is -2.10. The van der Waals surface area contributed by atoms with Gasteiger partial charge >= 0.3 is 0 Å². The van der Waals surface area contributed by atoms with Gasteiger partial charge in [-0.05, 0) is 56.9 Å². The Morgan fingerprint density at radius 2 is 1.68 bits per heavy atom. The Kier molecular flexibility index (Phi) is 8.88. The van der Waals surface area contributed by atoms with E-state index in [9.17, 15) is 18.0 Å². The lowest BCUT2D eigenvalue weighted by Gasteiger charge is -2.32. The Hall–Kier alpha value is -2.13. The fourth-order valence-electron chi connectivity index (χ4n) is 3.60. The lowest BCUT2D eigenvalue weighted by atomic mass is 9.94. The highest BCUT2D eigenvalue weighted by atomic mass is 32.2. The fraction of sp³-hybridized carbons (Fsp3) is 0.636. The number of amides is 2. The van der Waals surface area contributed by atoms with Crippen LogP contribution in [0.15, 0.2) is 29.2 Å². The summed E-state index contributed by atoms with van der Waals surface area (Å²) in [4.78, 5) is 25.6. The molecule has 2 amide bonds. The molecule has 31 heavy (non-hydrogen) atoms. The Bertz CT molecular complexity index is 846. The van der Waals surface area contributed by atoms with Crippen molar-refractivity contribution in [3.05, 3.63) is 24.3 Å². The molecule has 0 saturated carbocycles. The van der Waals surface area contributed by atoms with Crippen LogP contribution in [0.25, 0.3) is 0 Å². The van der Waals surface area contributed by atoms with E-state index < -0.39 is 16.1 Å². The van der Waals surface area contributed by atoms with Gasteiger partial charge in [-0.25, -0.2) is 8.42 Å². The molecule has 174 valence electrons. The zero-order chi connectivity index (χ0) is 23.2. The smallest absolute Gasteiger partial charge is 0.243 e. The van der Waals surface area contributed by atoms with Crippen molar-refractivity contribution in [3.63, 3.8) is 0 Å². The zero-order valence-electron chi connectivity index (χ0n) is 19.1. The number of nitrogens with zero attached hydrogens (tertiary/aromatic N) is 1. The van der Waals surface area contributed by atoms with Crippen LogP contribution in [0.4, 0.5) is 0 Å². The quantitative estimate of drug-likeness (QED) is 0.596. The molecule has 1 heterocycles. The number of nitrogens with one attached hydrogen (secondary N) is 2. The van der Waals surface area contributed by atoms with Crippen LogP contribution in [-0.4, -0.2) is 56.8 Å². The summed E-state index contributed by atoms with van der Waals surface area (Å²) in [6.45, 7) is 8.21. The predicted molar refractivity (Wildman–Crippen MR) is 119 cm³/mol. The summed E-state index contributed by atoms with van der Waals surface area (Å²) in [5.41, 5.74) is 0. The van der Waals surface area contributed by atoms with Gasteiger partial charge < -0.3 is 15.4 Å². The van der Waals surface area contributed by atoms with Crippen molar-refractivity contribution in [3.8, 4) is 5.75 Å². The van der Waals surface area contributed by atoms with Gasteiger partial charge in [0, 0.05) is 25.0 Å². The number of piperidine rings is 1. The van der Waals surface area contributed by atoms with Gasteiger partial charge in [-0.2, -0.15) is 4.31 Å². The molecule has 9 heteroatoms. The van der Waals surface area contributed by atoms with E-state index in [0.717, 1.165) is 6.42 Å². The third-order valence-electron chi connectivity index (χ3n) is 5.75. The normalized spacial score (nSPS) is 17.7. The molecule has 0 radical (unpaired) electrons. The van der Waals surface area contributed by atoms with Crippen molar-refractivity contribution in [1.82, 2.24) is 14.9 Å². The summed E-state index contributed by atoms with van der Waals surface area (Å²) >= 11 is 0. The maximum Gasteiger partial charge on any atom is 0.243 e.